The van der Waals surface area contributed by atoms with Gasteiger partial charge in [0.2, 0.25) is 0 Å². The predicted molar refractivity (Wildman–Crippen MR) is 77.4 cm³/mol. The van der Waals surface area contributed by atoms with Crippen LogP contribution in [0, 0.1) is 0 Å². The monoisotopic (exact) mass is 312 g/mol. The summed E-state index contributed by atoms with van der Waals surface area (Å²) in [6, 6.07) is 3.47. The third kappa shape index (κ3) is 3.19. The molecule has 0 fully saturated rings. The summed E-state index contributed by atoms with van der Waals surface area (Å²) < 4.78 is 0. The highest BCUT2D eigenvalue weighted by Crippen LogP contribution is 2.32. The van der Waals surface area contributed by atoms with Gasteiger partial charge in [-0.25, -0.2) is 0 Å². The van der Waals surface area contributed by atoms with Gasteiger partial charge in [0.05, 0.1) is 16.6 Å². The summed E-state index contributed by atoms with van der Waals surface area (Å²) in [6.07, 6.45) is 0.634. The van der Waals surface area contributed by atoms with Crippen molar-refractivity contribution in [3.63, 3.8) is 0 Å². The van der Waals surface area contributed by atoms with Crippen LogP contribution in [-0.2, 0) is 6.42 Å². The first-order chi connectivity index (χ1) is 7.59. The van der Waals surface area contributed by atoms with E-state index in [4.69, 9.17) is 34.8 Å². The molecule has 1 heterocycles. The molecule has 0 unspecified atom stereocenters. The van der Waals surface area contributed by atoms with Crippen LogP contribution in [0.4, 0.5) is 0 Å². The van der Waals surface area contributed by atoms with Gasteiger partial charge in [-0.15, -0.1) is 12.4 Å². The lowest BCUT2D eigenvalue weighted by molar-refractivity contribution is 0.548. The Kier molecular flexibility index (Phi) is 5.39. The maximum absolute atomic E-state index is 6.13. The first-order valence-corrected chi connectivity index (χ1v) is 6.10. The van der Waals surface area contributed by atoms with Gasteiger partial charge >= 0.3 is 0 Å². The molecule has 0 aliphatic carbocycles. The van der Waals surface area contributed by atoms with Crippen molar-refractivity contribution in [1.29, 1.82) is 0 Å². The van der Waals surface area contributed by atoms with Crippen molar-refractivity contribution in [2.45, 2.75) is 6.42 Å². The third-order valence-corrected chi connectivity index (χ3v) is 3.84. The second kappa shape index (κ2) is 6.14. The van der Waals surface area contributed by atoms with Crippen LogP contribution in [-0.4, -0.2) is 30.9 Å². The van der Waals surface area contributed by atoms with Gasteiger partial charge in [-0.05, 0) is 17.7 Å². The number of halogens is 4. The Hall–Kier alpha value is -0.150. The number of hydrogen-bond acceptors (Lipinski definition) is 2. The lowest BCUT2D eigenvalue weighted by Crippen LogP contribution is -2.24. The molecule has 1 aliphatic rings. The predicted octanol–water partition coefficient (Wildman–Crippen LogP) is 3.96. The number of nitrogens with zero attached hydrogens (tertiary/aromatic N) is 2. The van der Waals surface area contributed by atoms with E-state index in [1.165, 1.54) is 0 Å². The highest BCUT2D eigenvalue weighted by Gasteiger charge is 2.17. The summed E-state index contributed by atoms with van der Waals surface area (Å²) in [7, 11) is 2.01. The van der Waals surface area contributed by atoms with Crippen LogP contribution < -0.4 is 0 Å². The molecular formula is C11H12Cl4N2. The van der Waals surface area contributed by atoms with Gasteiger partial charge in [0, 0.05) is 25.0 Å². The van der Waals surface area contributed by atoms with Crippen LogP contribution in [0.25, 0.3) is 0 Å². The maximum atomic E-state index is 6.13. The van der Waals surface area contributed by atoms with Crippen LogP contribution in [0.2, 0.25) is 15.1 Å². The fraction of sp³-hybridized carbons (Fsp3) is 0.364. The van der Waals surface area contributed by atoms with Crippen molar-refractivity contribution in [1.82, 2.24) is 4.90 Å². The minimum Gasteiger partial charge on any atom is -0.361 e. The van der Waals surface area contributed by atoms with E-state index in [0.29, 0.717) is 21.5 Å². The molecular weight excluding hydrogens is 302 g/mol. The summed E-state index contributed by atoms with van der Waals surface area (Å²) >= 11 is 18.2. The molecule has 17 heavy (non-hydrogen) atoms. The molecule has 94 valence electrons. The van der Waals surface area contributed by atoms with Crippen molar-refractivity contribution in [2.75, 3.05) is 20.1 Å². The van der Waals surface area contributed by atoms with Crippen molar-refractivity contribution >= 4 is 53.0 Å². The minimum atomic E-state index is 0. The number of benzene rings is 1. The Morgan fingerprint density at radius 2 is 1.88 bits per heavy atom. The number of rotatable bonds is 2. The first kappa shape index (κ1) is 14.9. The first-order valence-electron chi connectivity index (χ1n) is 4.96. The van der Waals surface area contributed by atoms with Crippen molar-refractivity contribution in [2.24, 2.45) is 4.99 Å². The topological polar surface area (TPSA) is 15.6 Å². The normalized spacial score (nSPS) is 14.6. The second-order valence-electron chi connectivity index (χ2n) is 3.72. The highest BCUT2D eigenvalue weighted by atomic mass is 35.5. The molecule has 0 amide bonds. The van der Waals surface area contributed by atoms with Gasteiger partial charge < -0.3 is 4.90 Å². The summed E-state index contributed by atoms with van der Waals surface area (Å²) in [5.74, 6) is 1.01. The molecule has 2 nitrogen and oxygen atoms in total. The van der Waals surface area contributed by atoms with Crippen LogP contribution in [0.1, 0.15) is 5.56 Å². The van der Waals surface area contributed by atoms with E-state index < -0.39 is 0 Å². The van der Waals surface area contributed by atoms with E-state index in [2.05, 4.69) is 9.89 Å². The van der Waals surface area contributed by atoms with E-state index in [1.807, 2.05) is 7.05 Å². The lowest BCUT2D eigenvalue weighted by Gasteiger charge is -2.15. The fourth-order valence-electron chi connectivity index (χ4n) is 1.66. The van der Waals surface area contributed by atoms with Crippen LogP contribution in [0.5, 0.6) is 0 Å². The quantitative estimate of drug-likeness (QED) is 0.755. The average molecular weight is 314 g/mol. The number of hydrogen-bond donors (Lipinski definition) is 0. The van der Waals surface area contributed by atoms with E-state index in [0.717, 1.165) is 24.5 Å². The molecule has 0 atom stereocenters. The summed E-state index contributed by atoms with van der Waals surface area (Å²) in [5, 5.41) is 1.69. The van der Waals surface area contributed by atoms with E-state index >= 15 is 0 Å². The lowest BCUT2D eigenvalue weighted by atomic mass is 10.1. The molecule has 1 aliphatic heterocycles. The summed E-state index contributed by atoms with van der Waals surface area (Å²) in [4.78, 5) is 6.51. The van der Waals surface area contributed by atoms with Gasteiger partial charge in [0.15, 0.2) is 0 Å². The Morgan fingerprint density at radius 1 is 1.24 bits per heavy atom. The second-order valence-corrected chi connectivity index (χ2v) is 4.91. The van der Waals surface area contributed by atoms with Crippen LogP contribution in [0.3, 0.4) is 0 Å². The molecule has 0 saturated heterocycles. The van der Waals surface area contributed by atoms with Gasteiger partial charge in [-0.3, -0.25) is 4.99 Å². The molecule has 1 aromatic rings. The van der Waals surface area contributed by atoms with Crippen molar-refractivity contribution < 1.29 is 0 Å². The van der Waals surface area contributed by atoms with Crippen molar-refractivity contribution in [3.8, 4) is 0 Å². The van der Waals surface area contributed by atoms with Gasteiger partial charge in [-0.2, -0.15) is 0 Å². The Balaban J connectivity index is 0.00000144. The zero-order valence-corrected chi connectivity index (χ0v) is 12.3. The van der Waals surface area contributed by atoms with E-state index in [1.54, 1.807) is 12.1 Å². The standard InChI is InChI=1S/C11H11Cl3N2.ClH/c1-16-5-4-15-10(16)6-7-8(12)2-3-9(13)11(7)14;/h2-3H,4-6H2,1H3;1H. The molecule has 0 spiro atoms. The number of aliphatic imine (C=N–C) groups is 1. The van der Waals surface area contributed by atoms with Gasteiger partial charge in [0.25, 0.3) is 0 Å². The average Bonchev–Trinajstić information content (AvgIpc) is 2.65. The zero-order valence-electron chi connectivity index (χ0n) is 9.21. The van der Waals surface area contributed by atoms with Gasteiger partial charge in [-0.1, -0.05) is 34.8 Å². The Morgan fingerprint density at radius 3 is 2.47 bits per heavy atom. The summed E-state index contributed by atoms with van der Waals surface area (Å²) in [5.41, 5.74) is 0.850. The van der Waals surface area contributed by atoms with Gasteiger partial charge in [0.1, 0.15) is 5.84 Å². The molecule has 1 aromatic carbocycles. The molecule has 2 rings (SSSR count). The number of likely N-dealkylation sites (N-methyl/N-ethyl adjacent to an activating group) is 1. The molecule has 0 aromatic heterocycles. The molecule has 6 heteroatoms. The molecule has 0 radical (unpaired) electrons. The maximum Gasteiger partial charge on any atom is 0.103 e. The largest absolute Gasteiger partial charge is 0.361 e. The fourth-order valence-corrected chi connectivity index (χ4v) is 2.34. The van der Waals surface area contributed by atoms with Crippen molar-refractivity contribution in [3.05, 3.63) is 32.8 Å². The molecule has 0 saturated carbocycles. The SMILES string of the molecule is CN1CCN=C1Cc1c(Cl)ccc(Cl)c1Cl.Cl. The van der Waals surface area contributed by atoms with E-state index in [-0.39, 0.29) is 12.4 Å². The highest BCUT2D eigenvalue weighted by molar-refractivity contribution is 6.44. The number of amidine groups is 1. The van der Waals surface area contributed by atoms with Crippen LogP contribution in [0.15, 0.2) is 17.1 Å². The smallest absolute Gasteiger partial charge is 0.103 e. The molecule has 0 bridgehead atoms. The van der Waals surface area contributed by atoms with Crippen LogP contribution >= 0.6 is 47.2 Å². The summed E-state index contributed by atoms with van der Waals surface area (Å²) in [6.45, 7) is 1.78. The Labute approximate surface area is 122 Å². The Bertz CT molecular complexity index is 445. The van der Waals surface area contributed by atoms with E-state index in [9.17, 15) is 0 Å². The molecule has 0 N–H and O–H groups in total. The zero-order chi connectivity index (χ0) is 11.7. The third-order valence-electron chi connectivity index (χ3n) is 2.64. The minimum absolute atomic E-state index is 0.